The van der Waals surface area contributed by atoms with Crippen molar-refractivity contribution >= 4 is 11.8 Å². The molecule has 0 fully saturated rings. The van der Waals surface area contributed by atoms with Crippen LogP contribution < -0.4 is 5.43 Å². The SMILES string of the molecule is C[C@H](c1ccccc1)N(NC(=O)C(O)(c1ccccc1)c1ccccc1)C(=O)c1ccccc1. The lowest BCUT2D eigenvalue weighted by molar-refractivity contribution is -0.141. The highest BCUT2D eigenvalue weighted by Gasteiger charge is 2.42. The molecule has 0 aliphatic heterocycles. The molecule has 0 bridgehead atoms. The average Bonchev–Trinajstić information content (AvgIpc) is 2.92. The fourth-order valence-electron chi connectivity index (χ4n) is 3.90. The maximum Gasteiger partial charge on any atom is 0.279 e. The molecule has 0 saturated heterocycles. The Morgan fingerprint density at radius 3 is 1.59 bits per heavy atom. The van der Waals surface area contributed by atoms with E-state index in [2.05, 4.69) is 5.43 Å². The minimum absolute atomic E-state index is 0.381. The fourth-order valence-corrected chi connectivity index (χ4v) is 3.90. The average molecular weight is 451 g/mol. The molecular formula is C29H26N2O3. The third kappa shape index (κ3) is 4.60. The number of hydrazine groups is 1. The molecule has 1 atom stereocenters. The number of aliphatic hydroxyl groups is 1. The second-order valence-corrected chi connectivity index (χ2v) is 8.01. The first-order valence-electron chi connectivity index (χ1n) is 11.1. The van der Waals surface area contributed by atoms with E-state index in [1.165, 1.54) is 5.01 Å². The molecule has 0 heterocycles. The summed E-state index contributed by atoms with van der Waals surface area (Å²) >= 11 is 0. The zero-order valence-electron chi connectivity index (χ0n) is 18.8. The van der Waals surface area contributed by atoms with Gasteiger partial charge in [0.05, 0.1) is 6.04 Å². The lowest BCUT2D eigenvalue weighted by Crippen LogP contribution is -2.54. The van der Waals surface area contributed by atoms with Gasteiger partial charge in [-0.05, 0) is 35.7 Å². The Labute approximate surface area is 199 Å². The highest BCUT2D eigenvalue weighted by Crippen LogP contribution is 2.31. The van der Waals surface area contributed by atoms with E-state index in [-0.39, 0.29) is 5.91 Å². The summed E-state index contributed by atoms with van der Waals surface area (Å²) < 4.78 is 0. The number of carbonyl (C=O) groups is 2. The Hall–Kier alpha value is -4.22. The van der Waals surface area contributed by atoms with E-state index in [4.69, 9.17) is 0 Å². The summed E-state index contributed by atoms with van der Waals surface area (Å²) in [5, 5.41) is 13.1. The summed E-state index contributed by atoms with van der Waals surface area (Å²) in [6.45, 7) is 1.83. The Bertz CT molecular complexity index is 1190. The van der Waals surface area contributed by atoms with Crippen LogP contribution in [-0.4, -0.2) is 21.9 Å². The van der Waals surface area contributed by atoms with Crippen LogP contribution in [0, 0.1) is 0 Å². The van der Waals surface area contributed by atoms with Crippen LogP contribution in [0.4, 0.5) is 0 Å². The number of carbonyl (C=O) groups excluding carboxylic acids is 2. The predicted octanol–water partition coefficient (Wildman–Crippen LogP) is 4.86. The molecule has 34 heavy (non-hydrogen) atoms. The van der Waals surface area contributed by atoms with E-state index in [9.17, 15) is 14.7 Å². The summed E-state index contributed by atoms with van der Waals surface area (Å²) in [6, 6.07) is 35.1. The van der Waals surface area contributed by atoms with Gasteiger partial charge in [-0.1, -0.05) is 109 Å². The van der Waals surface area contributed by atoms with Crippen molar-refractivity contribution in [3.05, 3.63) is 144 Å². The van der Waals surface area contributed by atoms with Crippen LogP contribution in [0.5, 0.6) is 0 Å². The summed E-state index contributed by atoms with van der Waals surface area (Å²) in [5.74, 6) is -1.11. The number of benzene rings is 4. The fraction of sp³-hybridized carbons (Fsp3) is 0.103. The maximum atomic E-state index is 13.8. The van der Waals surface area contributed by atoms with Crippen molar-refractivity contribution in [1.82, 2.24) is 10.4 Å². The van der Waals surface area contributed by atoms with Gasteiger partial charge < -0.3 is 5.11 Å². The van der Waals surface area contributed by atoms with E-state index in [1.807, 2.05) is 55.5 Å². The van der Waals surface area contributed by atoms with E-state index in [0.29, 0.717) is 16.7 Å². The number of nitrogens with one attached hydrogen (secondary N) is 1. The molecule has 2 N–H and O–H groups in total. The van der Waals surface area contributed by atoms with E-state index in [1.54, 1.807) is 72.8 Å². The molecule has 4 rings (SSSR count). The van der Waals surface area contributed by atoms with Crippen molar-refractivity contribution in [2.45, 2.75) is 18.6 Å². The van der Waals surface area contributed by atoms with Gasteiger partial charge in [0.2, 0.25) is 0 Å². The number of rotatable bonds is 6. The van der Waals surface area contributed by atoms with Crippen molar-refractivity contribution in [3.8, 4) is 0 Å². The van der Waals surface area contributed by atoms with Gasteiger partial charge in [-0.3, -0.25) is 15.0 Å². The summed E-state index contributed by atoms with van der Waals surface area (Å²) in [5.41, 5.74) is 2.81. The van der Waals surface area contributed by atoms with Crippen molar-refractivity contribution in [2.24, 2.45) is 0 Å². The highest BCUT2D eigenvalue weighted by molar-refractivity contribution is 5.97. The molecule has 4 aromatic carbocycles. The monoisotopic (exact) mass is 450 g/mol. The topological polar surface area (TPSA) is 69.6 Å². The molecule has 2 amide bonds. The number of hydrogen-bond acceptors (Lipinski definition) is 3. The minimum atomic E-state index is -2.01. The number of nitrogens with zero attached hydrogens (tertiary/aromatic N) is 1. The Morgan fingerprint density at radius 1 is 0.706 bits per heavy atom. The van der Waals surface area contributed by atoms with Crippen LogP contribution in [0.2, 0.25) is 0 Å². The van der Waals surface area contributed by atoms with Crippen LogP contribution in [0.15, 0.2) is 121 Å². The van der Waals surface area contributed by atoms with Gasteiger partial charge in [-0.25, -0.2) is 5.01 Å². The zero-order valence-corrected chi connectivity index (χ0v) is 18.8. The second kappa shape index (κ2) is 10.1. The summed E-state index contributed by atoms with van der Waals surface area (Å²) in [6.07, 6.45) is 0. The lowest BCUT2D eigenvalue weighted by atomic mass is 9.85. The predicted molar refractivity (Wildman–Crippen MR) is 131 cm³/mol. The molecule has 5 nitrogen and oxygen atoms in total. The first-order chi connectivity index (χ1) is 16.5. The van der Waals surface area contributed by atoms with Gasteiger partial charge in [0.25, 0.3) is 11.8 Å². The first kappa shape index (κ1) is 23.0. The number of hydrogen-bond donors (Lipinski definition) is 2. The minimum Gasteiger partial charge on any atom is -0.372 e. The molecule has 0 aliphatic carbocycles. The molecule has 0 aliphatic rings. The van der Waals surface area contributed by atoms with Gasteiger partial charge in [0, 0.05) is 5.56 Å². The van der Waals surface area contributed by atoms with Crippen molar-refractivity contribution in [2.75, 3.05) is 0 Å². The quantitative estimate of drug-likeness (QED) is 0.412. The van der Waals surface area contributed by atoms with Crippen LogP contribution in [0.1, 0.15) is 40.0 Å². The molecule has 5 heteroatoms. The Kier molecular flexibility index (Phi) is 6.85. The van der Waals surface area contributed by atoms with E-state index >= 15 is 0 Å². The van der Waals surface area contributed by atoms with Gasteiger partial charge in [0.15, 0.2) is 5.60 Å². The third-order valence-electron chi connectivity index (χ3n) is 5.84. The normalized spacial score (nSPS) is 11.9. The van der Waals surface area contributed by atoms with Crippen molar-refractivity contribution < 1.29 is 14.7 Å². The maximum absolute atomic E-state index is 13.8. The van der Waals surface area contributed by atoms with Gasteiger partial charge in [-0.2, -0.15) is 0 Å². The molecular weight excluding hydrogens is 424 g/mol. The number of amides is 2. The highest BCUT2D eigenvalue weighted by atomic mass is 16.3. The smallest absolute Gasteiger partial charge is 0.279 e. The van der Waals surface area contributed by atoms with Gasteiger partial charge in [0.1, 0.15) is 0 Å². The second-order valence-electron chi connectivity index (χ2n) is 8.01. The summed E-state index contributed by atoms with van der Waals surface area (Å²) in [7, 11) is 0. The van der Waals surface area contributed by atoms with Crippen LogP contribution in [0.3, 0.4) is 0 Å². The van der Waals surface area contributed by atoms with Crippen LogP contribution in [-0.2, 0) is 10.4 Å². The summed E-state index contributed by atoms with van der Waals surface area (Å²) in [4.78, 5) is 27.3. The van der Waals surface area contributed by atoms with Crippen molar-refractivity contribution in [1.29, 1.82) is 0 Å². The standard InChI is InChI=1S/C29H26N2O3/c1-22(23-14-6-2-7-15-23)31(27(32)24-16-8-3-9-17-24)30-28(33)29(34,25-18-10-4-11-19-25)26-20-12-5-13-21-26/h2-22,34H,1H3,(H,30,33)/t22-/m1/s1. The Morgan fingerprint density at radius 2 is 1.12 bits per heavy atom. The van der Waals surface area contributed by atoms with Gasteiger partial charge >= 0.3 is 0 Å². The molecule has 0 unspecified atom stereocenters. The van der Waals surface area contributed by atoms with E-state index < -0.39 is 17.6 Å². The van der Waals surface area contributed by atoms with Crippen LogP contribution >= 0.6 is 0 Å². The van der Waals surface area contributed by atoms with E-state index in [0.717, 1.165) is 5.56 Å². The lowest BCUT2D eigenvalue weighted by Gasteiger charge is -2.35. The zero-order chi connectivity index (χ0) is 24.0. The molecule has 170 valence electrons. The molecule has 4 aromatic rings. The molecule has 0 aromatic heterocycles. The first-order valence-corrected chi connectivity index (χ1v) is 11.1. The van der Waals surface area contributed by atoms with Gasteiger partial charge in [-0.15, -0.1) is 0 Å². The third-order valence-corrected chi connectivity index (χ3v) is 5.84. The largest absolute Gasteiger partial charge is 0.372 e. The van der Waals surface area contributed by atoms with Crippen LogP contribution in [0.25, 0.3) is 0 Å². The molecule has 0 spiro atoms. The van der Waals surface area contributed by atoms with Crippen molar-refractivity contribution in [3.63, 3.8) is 0 Å². The Balaban J connectivity index is 1.76. The molecule has 0 radical (unpaired) electrons. The molecule has 0 saturated carbocycles.